The minimum absolute atomic E-state index is 0.244. The van der Waals surface area contributed by atoms with Crippen molar-refractivity contribution in [3.05, 3.63) is 82.3 Å². The maximum Gasteiger partial charge on any atom is 0.267 e. The topological polar surface area (TPSA) is 62.0 Å². The van der Waals surface area contributed by atoms with Crippen LogP contribution in [0.15, 0.2) is 65.5 Å². The van der Waals surface area contributed by atoms with Gasteiger partial charge < -0.3 is 10.3 Å². The van der Waals surface area contributed by atoms with Crippen molar-refractivity contribution in [1.29, 1.82) is 0 Å². The van der Waals surface area contributed by atoms with Crippen LogP contribution < -0.4 is 10.9 Å². The molecule has 0 saturated carbocycles. The Balaban J connectivity index is 1.71. The van der Waals surface area contributed by atoms with E-state index in [0.29, 0.717) is 11.9 Å². The van der Waals surface area contributed by atoms with Crippen LogP contribution in [0, 0.1) is 0 Å². The number of amides is 1. The monoisotopic (exact) mass is 292 g/mol. The van der Waals surface area contributed by atoms with E-state index in [4.69, 9.17) is 0 Å². The van der Waals surface area contributed by atoms with E-state index < -0.39 is 0 Å². The number of rotatable bonds is 4. The van der Waals surface area contributed by atoms with Crippen molar-refractivity contribution in [1.82, 2.24) is 10.3 Å². The average Bonchev–Trinajstić information content (AvgIpc) is 2.56. The Labute approximate surface area is 127 Å². The number of pyridine rings is 1. The highest BCUT2D eigenvalue weighted by Gasteiger charge is 2.08. The van der Waals surface area contributed by atoms with Crippen molar-refractivity contribution in [2.24, 2.45) is 0 Å². The summed E-state index contributed by atoms with van der Waals surface area (Å²) in [5, 5.41) is 4.18. The van der Waals surface area contributed by atoms with E-state index >= 15 is 0 Å². The minimum Gasteiger partial charge on any atom is -0.350 e. The molecule has 22 heavy (non-hydrogen) atoms. The van der Waals surface area contributed by atoms with Gasteiger partial charge >= 0.3 is 0 Å². The zero-order valence-corrected chi connectivity index (χ0v) is 12.0. The number of hydrogen-bond donors (Lipinski definition) is 2. The quantitative estimate of drug-likeness (QED) is 0.776. The largest absolute Gasteiger partial charge is 0.350 e. The second kappa shape index (κ2) is 6.26. The highest BCUT2D eigenvalue weighted by atomic mass is 16.2. The van der Waals surface area contributed by atoms with Crippen LogP contribution in [0.2, 0.25) is 0 Å². The summed E-state index contributed by atoms with van der Waals surface area (Å²) < 4.78 is 0. The van der Waals surface area contributed by atoms with Gasteiger partial charge in [0.15, 0.2) is 0 Å². The molecular formula is C18H16N2O2. The molecule has 1 aromatic heterocycles. The predicted octanol–water partition coefficient (Wildman–Crippen LogP) is 2.50. The Morgan fingerprint density at radius 3 is 2.55 bits per heavy atom. The summed E-state index contributed by atoms with van der Waals surface area (Å²) in [4.78, 5) is 26.7. The molecule has 0 fully saturated rings. The molecule has 110 valence electrons. The fraction of sp³-hybridized carbons (Fsp3) is 0.111. The van der Waals surface area contributed by atoms with Crippen LogP contribution in [-0.4, -0.2) is 17.4 Å². The maximum atomic E-state index is 12.1. The SMILES string of the molecule is O=C(NCCc1ccccc1)c1cc2ccccc2c(=O)[nH]1. The molecule has 0 spiro atoms. The molecular weight excluding hydrogens is 276 g/mol. The minimum atomic E-state index is -0.265. The van der Waals surface area contributed by atoms with Crippen molar-refractivity contribution in [2.45, 2.75) is 6.42 Å². The van der Waals surface area contributed by atoms with Crippen LogP contribution in [-0.2, 0) is 6.42 Å². The molecule has 1 heterocycles. The maximum absolute atomic E-state index is 12.1. The lowest BCUT2D eigenvalue weighted by Gasteiger charge is -2.06. The van der Waals surface area contributed by atoms with Crippen LogP contribution in [0.1, 0.15) is 16.1 Å². The fourth-order valence-corrected chi connectivity index (χ4v) is 2.39. The van der Waals surface area contributed by atoms with Gasteiger partial charge in [0.05, 0.1) is 0 Å². The summed E-state index contributed by atoms with van der Waals surface area (Å²) in [6.07, 6.45) is 0.754. The molecule has 3 rings (SSSR count). The van der Waals surface area contributed by atoms with Gasteiger partial charge in [-0.15, -0.1) is 0 Å². The second-order valence-electron chi connectivity index (χ2n) is 5.09. The Morgan fingerprint density at radius 2 is 1.73 bits per heavy atom. The van der Waals surface area contributed by atoms with Crippen LogP contribution in [0.25, 0.3) is 10.8 Å². The molecule has 0 bridgehead atoms. The van der Waals surface area contributed by atoms with Crippen LogP contribution >= 0.6 is 0 Å². The molecule has 0 atom stereocenters. The summed E-state index contributed by atoms with van der Waals surface area (Å²) in [7, 11) is 0. The molecule has 4 nitrogen and oxygen atoms in total. The van der Waals surface area contributed by atoms with Gasteiger partial charge in [0.1, 0.15) is 5.69 Å². The molecule has 2 N–H and O–H groups in total. The van der Waals surface area contributed by atoms with Gasteiger partial charge in [0.25, 0.3) is 11.5 Å². The van der Waals surface area contributed by atoms with Gasteiger partial charge in [-0.1, -0.05) is 48.5 Å². The first kappa shape index (κ1) is 14.1. The van der Waals surface area contributed by atoms with E-state index in [-0.39, 0.29) is 17.2 Å². The molecule has 1 amide bonds. The first-order chi connectivity index (χ1) is 10.7. The van der Waals surface area contributed by atoms with Gasteiger partial charge in [-0.3, -0.25) is 9.59 Å². The number of carbonyl (C=O) groups excluding carboxylic acids is 1. The smallest absolute Gasteiger partial charge is 0.267 e. The molecule has 0 aliphatic carbocycles. The van der Waals surface area contributed by atoms with Gasteiger partial charge in [0.2, 0.25) is 0 Å². The zero-order valence-electron chi connectivity index (χ0n) is 12.0. The van der Waals surface area contributed by atoms with E-state index in [0.717, 1.165) is 17.4 Å². The molecule has 4 heteroatoms. The third kappa shape index (κ3) is 3.06. The van der Waals surface area contributed by atoms with E-state index in [2.05, 4.69) is 10.3 Å². The summed E-state index contributed by atoms with van der Waals surface area (Å²) in [6, 6.07) is 18.9. The summed E-state index contributed by atoms with van der Waals surface area (Å²) in [5.41, 5.74) is 1.21. The normalized spacial score (nSPS) is 10.5. The number of H-pyrrole nitrogens is 1. The van der Waals surface area contributed by atoms with Crippen molar-refractivity contribution >= 4 is 16.7 Å². The Kier molecular flexibility index (Phi) is 4.01. The molecule has 2 aromatic carbocycles. The molecule has 0 aliphatic heterocycles. The van der Waals surface area contributed by atoms with E-state index in [9.17, 15) is 9.59 Å². The van der Waals surface area contributed by atoms with Gasteiger partial charge in [-0.2, -0.15) is 0 Å². The average molecular weight is 292 g/mol. The Hall–Kier alpha value is -2.88. The molecule has 0 unspecified atom stereocenters. The Bertz CT molecular complexity index is 854. The number of carbonyl (C=O) groups is 1. The van der Waals surface area contributed by atoms with E-state index in [1.165, 1.54) is 0 Å². The van der Waals surface area contributed by atoms with Gasteiger partial charge in [0, 0.05) is 11.9 Å². The summed E-state index contributed by atoms with van der Waals surface area (Å²) in [6.45, 7) is 0.525. The highest BCUT2D eigenvalue weighted by Crippen LogP contribution is 2.09. The third-order valence-corrected chi connectivity index (χ3v) is 3.54. The van der Waals surface area contributed by atoms with Crippen LogP contribution in [0.5, 0.6) is 0 Å². The van der Waals surface area contributed by atoms with Crippen molar-refractivity contribution in [3.63, 3.8) is 0 Å². The van der Waals surface area contributed by atoms with Gasteiger partial charge in [-0.05, 0) is 29.5 Å². The number of aromatic nitrogens is 1. The molecule has 0 aliphatic rings. The summed E-state index contributed by atoms with van der Waals surface area (Å²) in [5.74, 6) is -0.265. The highest BCUT2D eigenvalue weighted by molar-refractivity contribution is 5.96. The van der Waals surface area contributed by atoms with Crippen molar-refractivity contribution in [3.8, 4) is 0 Å². The van der Waals surface area contributed by atoms with E-state index in [1.807, 2.05) is 42.5 Å². The first-order valence-electron chi connectivity index (χ1n) is 7.18. The number of aromatic amines is 1. The second-order valence-corrected chi connectivity index (χ2v) is 5.09. The molecule has 0 radical (unpaired) electrons. The number of benzene rings is 2. The summed E-state index contributed by atoms with van der Waals surface area (Å²) >= 11 is 0. The lowest BCUT2D eigenvalue weighted by atomic mass is 10.1. The number of hydrogen-bond acceptors (Lipinski definition) is 2. The lowest BCUT2D eigenvalue weighted by Crippen LogP contribution is -2.28. The first-order valence-corrected chi connectivity index (χ1v) is 7.18. The third-order valence-electron chi connectivity index (χ3n) is 3.54. The lowest BCUT2D eigenvalue weighted by molar-refractivity contribution is 0.0949. The Morgan fingerprint density at radius 1 is 1.00 bits per heavy atom. The van der Waals surface area contributed by atoms with Gasteiger partial charge in [-0.25, -0.2) is 0 Å². The van der Waals surface area contributed by atoms with Crippen LogP contribution in [0.4, 0.5) is 0 Å². The van der Waals surface area contributed by atoms with E-state index in [1.54, 1.807) is 18.2 Å². The zero-order chi connectivity index (χ0) is 15.4. The predicted molar refractivity (Wildman–Crippen MR) is 87.0 cm³/mol. The van der Waals surface area contributed by atoms with Crippen molar-refractivity contribution in [2.75, 3.05) is 6.54 Å². The fourth-order valence-electron chi connectivity index (χ4n) is 2.39. The number of nitrogens with one attached hydrogen (secondary N) is 2. The number of fused-ring (bicyclic) bond motifs is 1. The standard InChI is InChI=1S/C18H16N2O2/c21-17-15-9-5-4-8-14(15)12-16(20-17)18(22)19-11-10-13-6-2-1-3-7-13/h1-9,12H,10-11H2,(H,19,22)(H,20,21). The molecule has 0 saturated heterocycles. The van der Waals surface area contributed by atoms with Crippen LogP contribution in [0.3, 0.4) is 0 Å². The van der Waals surface area contributed by atoms with Crippen molar-refractivity contribution < 1.29 is 4.79 Å². The molecule has 3 aromatic rings.